The monoisotopic (exact) mass is 333 g/mol. The van der Waals surface area contributed by atoms with Crippen LogP contribution in [0.2, 0.25) is 0 Å². The van der Waals surface area contributed by atoms with Crippen molar-refractivity contribution in [3.05, 3.63) is 83.1 Å². The standard InChI is InChI=1S/C19H19N5O/c1-13-11-21-14(2)18(22-13)19(15-7-4-3-5-8-15)24-25-12-16-9-6-10-17(20)23-16/h3-11H,12H2,1-2H3,(H2,20,23)/b24-19-. The second-order valence-electron chi connectivity index (χ2n) is 5.58. The summed E-state index contributed by atoms with van der Waals surface area (Å²) < 4.78 is 0. The van der Waals surface area contributed by atoms with Gasteiger partial charge in [-0.3, -0.25) is 4.98 Å². The molecule has 0 aliphatic carbocycles. The Balaban J connectivity index is 1.92. The lowest BCUT2D eigenvalue weighted by atomic mass is 10.1. The number of hydrogen-bond acceptors (Lipinski definition) is 6. The van der Waals surface area contributed by atoms with Crippen molar-refractivity contribution in [3.8, 4) is 0 Å². The molecule has 2 N–H and O–H groups in total. The molecular weight excluding hydrogens is 314 g/mol. The Morgan fingerprint density at radius 3 is 2.60 bits per heavy atom. The second kappa shape index (κ2) is 7.53. The third-order valence-electron chi connectivity index (χ3n) is 3.54. The molecule has 0 atom stereocenters. The van der Waals surface area contributed by atoms with Crippen LogP contribution in [0.1, 0.15) is 28.3 Å². The summed E-state index contributed by atoms with van der Waals surface area (Å²) in [6, 6.07) is 15.2. The van der Waals surface area contributed by atoms with E-state index in [1.807, 2.05) is 56.3 Å². The lowest BCUT2D eigenvalue weighted by Gasteiger charge is -2.09. The van der Waals surface area contributed by atoms with Crippen LogP contribution in [-0.2, 0) is 11.4 Å². The molecule has 0 saturated carbocycles. The number of oxime groups is 1. The van der Waals surface area contributed by atoms with E-state index in [2.05, 4.69) is 20.1 Å². The van der Waals surface area contributed by atoms with Gasteiger partial charge in [0.15, 0.2) is 6.61 Å². The van der Waals surface area contributed by atoms with Crippen LogP contribution >= 0.6 is 0 Å². The number of pyridine rings is 1. The maximum Gasteiger partial charge on any atom is 0.159 e. The number of anilines is 1. The van der Waals surface area contributed by atoms with Gasteiger partial charge in [0.05, 0.1) is 17.1 Å². The van der Waals surface area contributed by atoms with Gasteiger partial charge in [-0.2, -0.15) is 0 Å². The van der Waals surface area contributed by atoms with Crippen molar-refractivity contribution in [2.24, 2.45) is 5.16 Å². The molecule has 126 valence electrons. The average Bonchev–Trinajstić information content (AvgIpc) is 2.62. The molecule has 0 radical (unpaired) electrons. The highest BCUT2D eigenvalue weighted by atomic mass is 16.6. The average molecular weight is 333 g/mol. The first-order valence-electron chi connectivity index (χ1n) is 7.91. The predicted octanol–water partition coefficient (Wildman–Crippen LogP) is 3.04. The lowest BCUT2D eigenvalue weighted by Crippen LogP contribution is -2.11. The minimum Gasteiger partial charge on any atom is -0.389 e. The van der Waals surface area contributed by atoms with Crippen molar-refractivity contribution in [3.63, 3.8) is 0 Å². The van der Waals surface area contributed by atoms with Crippen LogP contribution in [0.3, 0.4) is 0 Å². The van der Waals surface area contributed by atoms with Crippen LogP contribution in [0, 0.1) is 13.8 Å². The van der Waals surface area contributed by atoms with Crippen LogP contribution in [0.15, 0.2) is 59.9 Å². The molecule has 0 amide bonds. The van der Waals surface area contributed by atoms with E-state index in [9.17, 15) is 0 Å². The minimum absolute atomic E-state index is 0.222. The van der Waals surface area contributed by atoms with E-state index >= 15 is 0 Å². The molecule has 6 nitrogen and oxygen atoms in total. The Hall–Kier alpha value is -3.28. The highest BCUT2D eigenvalue weighted by Gasteiger charge is 2.14. The maximum absolute atomic E-state index is 5.69. The van der Waals surface area contributed by atoms with Crippen LogP contribution in [-0.4, -0.2) is 20.7 Å². The van der Waals surface area contributed by atoms with Crippen molar-refractivity contribution >= 4 is 11.5 Å². The second-order valence-corrected chi connectivity index (χ2v) is 5.58. The summed E-state index contributed by atoms with van der Waals surface area (Å²) in [5.74, 6) is 0.453. The first kappa shape index (κ1) is 16.6. The van der Waals surface area contributed by atoms with Gasteiger partial charge < -0.3 is 10.6 Å². The molecule has 0 fully saturated rings. The zero-order valence-corrected chi connectivity index (χ0v) is 14.2. The molecule has 1 aromatic carbocycles. The Morgan fingerprint density at radius 2 is 1.84 bits per heavy atom. The van der Waals surface area contributed by atoms with E-state index in [4.69, 9.17) is 10.6 Å². The van der Waals surface area contributed by atoms with E-state index in [1.165, 1.54) is 0 Å². The molecule has 3 aromatic rings. The fourth-order valence-corrected chi connectivity index (χ4v) is 2.33. The molecule has 6 heteroatoms. The fraction of sp³-hybridized carbons (Fsp3) is 0.158. The number of aryl methyl sites for hydroxylation is 2. The molecule has 0 aliphatic heterocycles. The van der Waals surface area contributed by atoms with E-state index < -0.39 is 0 Å². The van der Waals surface area contributed by atoms with Crippen molar-refractivity contribution < 1.29 is 4.84 Å². The third-order valence-corrected chi connectivity index (χ3v) is 3.54. The van der Waals surface area contributed by atoms with Gasteiger partial charge in [-0.1, -0.05) is 41.6 Å². The van der Waals surface area contributed by atoms with Gasteiger partial charge >= 0.3 is 0 Å². The van der Waals surface area contributed by atoms with Gasteiger partial charge in [0, 0.05) is 11.8 Å². The van der Waals surface area contributed by atoms with Gasteiger partial charge in [-0.25, -0.2) is 9.97 Å². The maximum atomic E-state index is 5.69. The van der Waals surface area contributed by atoms with Crippen LogP contribution in [0.25, 0.3) is 0 Å². The highest BCUT2D eigenvalue weighted by Crippen LogP contribution is 2.13. The van der Waals surface area contributed by atoms with E-state index in [0.29, 0.717) is 22.9 Å². The van der Waals surface area contributed by atoms with Gasteiger partial charge in [0.1, 0.15) is 17.2 Å². The van der Waals surface area contributed by atoms with Crippen LogP contribution in [0.4, 0.5) is 5.82 Å². The largest absolute Gasteiger partial charge is 0.389 e. The van der Waals surface area contributed by atoms with Crippen molar-refractivity contribution in [2.45, 2.75) is 20.5 Å². The summed E-state index contributed by atoms with van der Waals surface area (Å²) in [6.45, 7) is 4.02. The first-order chi connectivity index (χ1) is 12.1. The number of nitrogens with zero attached hydrogens (tertiary/aromatic N) is 4. The zero-order chi connectivity index (χ0) is 17.6. The van der Waals surface area contributed by atoms with Gasteiger partial charge in [0.25, 0.3) is 0 Å². The molecule has 0 saturated heterocycles. The normalized spacial score (nSPS) is 11.4. The van der Waals surface area contributed by atoms with Crippen molar-refractivity contribution in [1.82, 2.24) is 15.0 Å². The van der Waals surface area contributed by atoms with Gasteiger partial charge in [0.2, 0.25) is 0 Å². The van der Waals surface area contributed by atoms with Crippen LogP contribution in [0.5, 0.6) is 0 Å². The molecular formula is C19H19N5O. The topological polar surface area (TPSA) is 86.3 Å². The summed E-state index contributed by atoms with van der Waals surface area (Å²) >= 11 is 0. The number of nitrogens with two attached hydrogens (primary N) is 1. The quantitative estimate of drug-likeness (QED) is 0.573. The molecule has 0 unspecified atom stereocenters. The summed E-state index contributed by atoms with van der Waals surface area (Å²) in [6.07, 6.45) is 1.74. The molecule has 3 rings (SSSR count). The lowest BCUT2D eigenvalue weighted by molar-refractivity contribution is 0.128. The molecule has 25 heavy (non-hydrogen) atoms. The smallest absolute Gasteiger partial charge is 0.159 e. The molecule has 0 aliphatic rings. The Kier molecular flexibility index (Phi) is 4.99. The summed E-state index contributed by atoms with van der Waals surface area (Å²) in [7, 11) is 0. The zero-order valence-electron chi connectivity index (χ0n) is 14.2. The van der Waals surface area contributed by atoms with Crippen molar-refractivity contribution in [2.75, 3.05) is 5.73 Å². The van der Waals surface area contributed by atoms with Gasteiger partial charge in [-0.05, 0) is 26.0 Å². The van der Waals surface area contributed by atoms with Crippen molar-refractivity contribution in [1.29, 1.82) is 0 Å². The van der Waals surface area contributed by atoms with E-state index in [1.54, 1.807) is 12.3 Å². The van der Waals surface area contributed by atoms with E-state index in [-0.39, 0.29) is 6.61 Å². The Labute approximate surface area is 146 Å². The Morgan fingerprint density at radius 1 is 1.04 bits per heavy atom. The number of aromatic nitrogens is 3. The minimum atomic E-state index is 0.222. The van der Waals surface area contributed by atoms with E-state index in [0.717, 1.165) is 17.0 Å². The summed E-state index contributed by atoms with van der Waals surface area (Å²) in [4.78, 5) is 18.7. The summed E-state index contributed by atoms with van der Waals surface area (Å²) in [5.41, 5.74) is 10.3. The molecule has 2 aromatic heterocycles. The number of nitrogen functional groups attached to an aromatic ring is 1. The van der Waals surface area contributed by atoms with Gasteiger partial charge in [-0.15, -0.1) is 0 Å². The highest BCUT2D eigenvalue weighted by molar-refractivity contribution is 6.12. The predicted molar refractivity (Wildman–Crippen MR) is 97.0 cm³/mol. The molecule has 0 spiro atoms. The third kappa shape index (κ3) is 4.17. The number of rotatable bonds is 5. The fourth-order valence-electron chi connectivity index (χ4n) is 2.33. The molecule has 2 heterocycles. The number of hydrogen-bond donors (Lipinski definition) is 1. The Bertz CT molecular complexity index is 893. The first-order valence-corrected chi connectivity index (χ1v) is 7.91. The molecule has 0 bridgehead atoms. The van der Waals surface area contributed by atoms with Crippen LogP contribution < -0.4 is 5.73 Å². The SMILES string of the molecule is Cc1cnc(C)c(/C(=N\OCc2cccc(N)n2)c2ccccc2)n1. The number of benzene rings is 1. The summed E-state index contributed by atoms with van der Waals surface area (Å²) in [5, 5.41) is 4.32.